The number of anilines is 1. The number of nitrogens with one attached hydrogen (secondary N) is 1. The van der Waals surface area contributed by atoms with Crippen LogP contribution < -0.4 is 10.9 Å². The van der Waals surface area contributed by atoms with E-state index in [0.717, 1.165) is 5.56 Å². The van der Waals surface area contributed by atoms with Crippen LogP contribution in [0.15, 0.2) is 82.2 Å². The summed E-state index contributed by atoms with van der Waals surface area (Å²) < 4.78 is 6.52. The second-order valence-corrected chi connectivity index (χ2v) is 6.38. The molecule has 8 heteroatoms. The van der Waals surface area contributed by atoms with Gasteiger partial charge in [-0.25, -0.2) is 0 Å². The van der Waals surface area contributed by atoms with Gasteiger partial charge in [0.15, 0.2) is 0 Å². The molecule has 0 spiro atoms. The van der Waals surface area contributed by atoms with Gasteiger partial charge in [-0.3, -0.25) is 9.59 Å². The molecule has 2 heterocycles. The number of carbonyl (C=O) groups excluding carboxylic acids is 1. The van der Waals surface area contributed by atoms with Crippen molar-refractivity contribution in [3.8, 4) is 28.9 Å². The Bertz CT molecular complexity index is 1300. The van der Waals surface area contributed by atoms with Crippen LogP contribution >= 0.6 is 0 Å². The zero-order chi connectivity index (χ0) is 20.9. The molecule has 2 aromatic heterocycles. The van der Waals surface area contributed by atoms with Crippen molar-refractivity contribution in [3.63, 3.8) is 0 Å². The number of rotatable bonds is 5. The van der Waals surface area contributed by atoms with Gasteiger partial charge in [0.2, 0.25) is 11.7 Å². The molecule has 0 bridgehead atoms. The first-order chi connectivity index (χ1) is 14.6. The van der Waals surface area contributed by atoms with Crippen LogP contribution in [0, 0.1) is 11.3 Å². The van der Waals surface area contributed by atoms with Gasteiger partial charge in [0, 0.05) is 17.4 Å². The first-order valence-corrected chi connectivity index (χ1v) is 9.03. The van der Waals surface area contributed by atoms with E-state index in [1.54, 1.807) is 36.4 Å². The topological polar surface area (TPSA) is 114 Å². The summed E-state index contributed by atoms with van der Waals surface area (Å²) in [6.07, 6.45) is 1.51. The fourth-order valence-electron chi connectivity index (χ4n) is 2.88. The Hall–Kier alpha value is -4.51. The van der Waals surface area contributed by atoms with Gasteiger partial charge >= 0.3 is 0 Å². The van der Waals surface area contributed by atoms with Crippen molar-refractivity contribution in [1.29, 1.82) is 5.26 Å². The highest BCUT2D eigenvalue weighted by molar-refractivity contribution is 5.90. The van der Waals surface area contributed by atoms with Gasteiger partial charge in [-0.05, 0) is 30.3 Å². The van der Waals surface area contributed by atoms with Gasteiger partial charge in [0.25, 0.3) is 11.4 Å². The molecule has 0 unspecified atom stereocenters. The molecule has 8 nitrogen and oxygen atoms in total. The van der Waals surface area contributed by atoms with E-state index < -0.39 is 11.5 Å². The Kier molecular flexibility index (Phi) is 5.17. The number of benzene rings is 2. The van der Waals surface area contributed by atoms with E-state index >= 15 is 0 Å². The van der Waals surface area contributed by atoms with E-state index in [2.05, 4.69) is 15.5 Å². The van der Waals surface area contributed by atoms with E-state index in [4.69, 9.17) is 9.78 Å². The van der Waals surface area contributed by atoms with Crippen LogP contribution in [-0.4, -0.2) is 20.6 Å². The van der Waals surface area contributed by atoms with Crippen molar-refractivity contribution in [2.45, 2.75) is 6.54 Å². The second-order valence-electron chi connectivity index (χ2n) is 6.38. The minimum absolute atomic E-state index is 0.0790. The van der Waals surface area contributed by atoms with Crippen molar-refractivity contribution in [1.82, 2.24) is 14.7 Å². The highest BCUT2D eigenvalue weighted by Gasteiger charge is 2.16. The lowest BCUT2D eigenvalue weighted by atomic mass is 10.2. The molecule has 30 heavy (non-hydrogen) atoms. The summed E-state index contributed by atoms with van der Waals surface area (Å²) in [5.74, 6) is 0.0469. The maximum atomic E-state index is 12.8. The third kappa shape index (κ3) is 4.00. The molecule has 0 aliphatic rings. The number of hydrogen-bond donors (Lipinski definition) is 1. The van der Waals surface area contributed by atoms with Gasteiger partial charge < -0.3 is 14.4 Å². The molecule has 0 radical (unpaired) electrons. The lowest BCUT2D eigenvalue weighted by molar-refractivity contribution is -0.116. The molecule has 0 saturated carbocycles. The van der Waals surface area contributed by atoms with Crippen LogP contribution in [0.2, 0.25) is 0 Å². The van der Waals surface area contributed by atoms with Gasteiger partial charge in [0.1, 0.15) is 12.1 Å². The van der Waals surface area contributed by atoms with Crippen molar-refractivity contribution >= 4 is 11.6 Å². The summed E-state index contributed by atoms with van der Waals surface area (Å²) in [4.78, 5) is 29.5. The van der Waals surface area contributed by atoms with Crippen LogP contribution in [0.25, 0.3) is 22.8 Å². The highest BCUT2D eigenvalue weighted by Crippen LogP contribution is 2.19. The van der Waals surface area contributed by atoms with Crippen LogP contribution in [0.5, 0.6) is 0 Å². The Labute approximate surface area is 171 Å². The van der Waals surface area contributed by atoms with E-state index in [1.165, 1.54) is 10.8 Å². The fourth-order valence-corrected chi connectivity index (χ4v) is 2.88. The van der Waals surface area contributed by atoms with Crippen molar-refractivity contribution in [3.05, 3.63) is 88.8 Å². The van der Waals surface area contributed by atoms with Crippen molar-refractivity contribution in [2.75, 3.05) is 5.32 Å². The minimum Gasteiger partial charge on any atom is -0.333 e. The first-order valence-electron chi connectivity index (χ1n) is 9.03. The molecule has 0 aliphatic heterocycles. The zero-order valence-electron chi connectivity index (χ0n) is 15.6. The summed E-state index contributed by atoms with van der Waals surface area (Å²) in [5.41, 5.74) is 1.45. The van der Waals surface area contributed by atoms with Gasteiger partial charge in [-0.15, -0.1) is 0 Å². The molecule has 4 aromatic rings. The molecule has 0 saturated heterocycles. The van der Waals surface area contributed by atoms with E-state index in [1.807, 2.05) is 36.4 Å². The predicted octanol–water partition coefficient (Wildman–Crippen LogP) is 3.08. The van der Waals surface area contributed by atoms with E-state index in [0.29, 0.717) is 17.1 Å². The molecule has 1 amide bonds. The number of nitrogens with zero attached hydrogens (tertiary/aromatic N) is 4. The number of hydrogen-bond acceptors (Lipinski definition) is 6. The van der Waals surface area contributed by atoms with E-state index in [-0.39, 0.29) is 18.0 Å². The molecule has 4 rings (SSSR count). The Morgan fingerprint density at radius 1 is 1.10 bits per heavy atom. The van der Waals surface area contributed by atoms with Gasteiger partial charge in [-0.1, -0.05) is 41.6 Å². The number of nitriles is 1. The molecule has 0 fully saturated rings. The quantitative estimate of drug-likeness (QED) is 0.554. The maximum absolute atomic E-state index is 12.8. The fraction of sp³-hybridized carbons (Fsp3) is 0.0455. The van der Waals surface area contributed by atoms with Crippen LogP contribution in [0.3, 0.4) is 0 Å². The lowest BCUT2D eigenvalue weighted by Gasteiger charge is -2.08. The summed E-state index contributed by atoms with van der Waals surface area (Å²) in [6, 6.07) is 21.0. The SMILES string of the molecule is N#Cc1cccc(NC(=O)Cn2cccc(-c3nc(-c4ccccc4)no3)c2=O)c1. The molecular formula is C22H15N5O3. The normalized spacial score (nSPS) is 10.4. The van der Waals surface area contributed by atoms with Gasteiger partial charge in [0.05, 0.1) is 11.6 Å². The number of amides is 1. The Balaban J connectivity index is 1.55. The molecule has 146 valence electrons. The Morgan fingerprint density at radius 2 is 1.93 bits per heavy atom. The lowest BCUT2D eigenvalue weighted by Crippen LogP contribution is -2.28. The number of carbonyl (C=O) groups is 1. The third-order valence-corrected chi connectivity index (χ3v) is 4.30. The largest absolute Gasteiger partial charge is 0.333 e. The Morgan fingerprint density at radius 3 is 2.73 bits per heavy atom. The second kappa shape index (κ2) is 8.24. The van der Waals surface area contributed by atoms with Crippen LogP contribution in [0.4, 0.5) is 5.69 Å². The van der Waals surface area contributed by atoms with Crippen LogP contribution in [0.1, 0.15) is 5.56 Å². The molecular weight excluding hydrogens is 382 g/mol. The summed E-state index contributed by atoms with van der Waals surface area (Å²) >= 11 is 0. The maximum Gasteiger partial charge on any atom is 0.263 e. The van der Waals surface area contributed by atoms with Crippen molar-refractivity contribution < 1.29 is 9.32 Å². The highest BCUT2D eigenvalue weighted by atomic mass is 16.5. The van der Waals surface area contributed by atoms with Gasteiger partial charge in [-0.2, -0.15) is 10.2 Å². The average Bonchev–Trinajstić information content (AvgIpc) is 3.26. The molecule has 1 N–H and O–H groups in total. The number of aromatic nitrogens is 3. The van der Waals surface area contributed by atoms with Crippen molar-refractivity contribution in [2.24, 2.45) is 0 Å². The smallest absolute Gasteiger partial charge is 0.263 e. The minimum atomic E-state index is -0.429. The predicted molar refractivity (Wildman–Crippen MR) is 109 cm³/mol. The zero-order valence-corrected chi connectivity index (χ0v) is 15.6. The first kappa shape index (κ1) is 18.8. The number of pyridine rings is 1. The average molecular weight is 397 g/mol. The molecule has 2 aromatic carbocycles. The summed E-state index contributed by atoms with van der Waals surface area (Å²) in [7, 11) is 0. The monoisotopic (exact) mass is 397 g/mol. The summed E-state index contributed by atoms with van der Waals surface area (Å²) in [6.45, 7) is -0.205. The molecule has 0 atom stereocenters. The standard InChI is InChI=1S/C22H15N5O3/c23-13-15-6-4-9-17(12-15)24-19(28)14-27-11-5-10-18(22(27)29)21-25-20(26-30-21)16-7-2-1-3-8-16/h1-12H,14H2,(H,24,28). The molecule has 0 aliphatic carbocycles. The summed E-state index contributed by atoms with van der Waals surface area (Å²) in [5, 5.41) is 15.6. The van der Waals surface area contributed by atoms with Crippen LogP contribution in [-0.2, 0) is 11.3 Å². The van der Waals surface area contributed by atoms with E-state index in [9.17, 15) is 9.59 Å². The third-order valence-electron chi connectivity index (χ3n) is 4.30.